The third-order valence-electron chi connectivity index (χ3n) is 2.80. The molecule has 4 heteroatoms. The smallest absolute Gasteiger partial charge is 0.253 e. The number of carbonyl (C=O) groups excluding carboxylic acids is 1. The summed E-state index contributed by atoms with van der Waals surface area (Å²) in [7, 11) is 0. The van der Waals surface area contributed by atoms with Gasteiger partial charge in [-0.15, -0.1) is 0 Å². The number of nitrogens with one attached hydrogen (secondary N) is 2. The molecule has 2 rings (SSSR count). The van der Waals surface area contributed by atoms with Crippen LogP contribution in [0.1, 0.15) is 23.2 Å². The first kappa shape index (κ1) is 10.7. The average molecular weight is 218 g/mol. The molecule has 1 aliphatic carbocycles. The van der Waals surface area contributed by atoms with Gasteiger partial charge in [-0.25, -0.2) is 0 Å². The highest BCUT2D eigenvalue weighted by Gasteiger charge is 2.13. The predicted octanol–water partition coefficient (Wildman–Crippen LogP) is 0.666. The zero-order valence-corrected chi connectivity index (χ0v) is 9.01. The molecule has 1 heterocycles. The standard InChI is InChI=1S/C12H14N2O2/c1-2-11(15)13-7-9-6-8-4-3-5-10(8)14-12(9)16/h2,6H,1,3-5,7H2,(H,13,15)(H,14,16). The van der Waals surface area contributed by atoms with E-state index in [1.807, 2.05) is 6.07 Å². The first-order valence-corrected chi connectivity index (χ1v) is 5.35. The van der Waals surface area contributed by atoms with Gasteiger partial charge in [0.2, 0.25) is 5.91 Å². The summed E-state index contributed by atoms with van der Waals surface area (Å²) in [5, 5.41) is 2.60. The van der Waals surface area contributed by atoms with Crippen molar-refractivity contribution < 1.29 is 4.79 Å². The zero-order valence-electron chi connectivity index (χ0n) is 9.01. The van der Waals surface area contributed by atoms with Crippen molar-refractivity contribution in [1.29, 1.82) is 0 Å². The Hall–Kier alpha value is -1.84. The first-order valence-electron chi connectivity index (χ1n) is 5.35. The minimum atomic E-state index is -0.264. The molecular formula is C12H14N2O2. The lowest BCUT2D eigenvalue weighted by molar-refractivity contribution is -0.116. The lowest BCUT2D eigenvalue weighted by atomic mass is 10.1. The van der Waals surface area contributed by atoms with Crippen LogP contribution in [0.25, 0.3) is 0 Å². The number of fused-ring (bicyclic) bond motifs is 1. The summed E-state index contributed by atoms with van der Waals surface area (Å²) in [5.41, 5.74) is 2.74. The summed E-state index contributed by atoms with van der Waals surface area (Å²) in [4.78, 5) is 25.5. The number of hydrogen-bond donors (Lipinski definition) is 2. The molecule has 0 unspecified atom stereocenters. The summed E-state index contributed by atoms with van der Waals surface area (Å²) in [6.45, 7) is 3.61. The van der Waals surface area contributed by atoms with E-state index >= 15 is 0 Å². The molecule has 0 fully saturated rings. The van der Waals surface area contributed by atoms with E-state index in [2.05, 4.69) is 16.9 Å². The van der Waals surface area contributed by atoms with Gasteiger partial charge in [0.25, 0.3) is 5.56 Å². The molecular weight excluding hydrogens is 204 g/mol. The molecule has 1 amide bonds. The normalized spacial score (nSPS) is 13.2. The molecule has 0 spiro atoms. The quantitative estimate of drug-likeness (QED) is 0.732. The van der Waals surface area contributed by atoms with Crippen molar-refractivity contribution >= 4 is 5.91 Å². The Labute approximate surface area is 93.4 Å². The van der Waals surface area contributed by atoms with Crippen molar-refractivity contribution in [2.24, 2.45) is 0 Å². The molecule has 1 aromatic rings. The number of aryl methyl sites for hydroxylation is 2. The monoisotopic (exact) mass is 218 g/mol. The maximum atomic E-state index is 11.6. The van der Waals surface area contributed by atoms with Crippen LogP contribution in [0.15, 0.2) is 23.5 Å². The predicted molar refractivity (Wildman–Crippen MR) is 61.1 cm³/mol. The van der Waals surface area contributed by atoms with Crippen LogP contribution in [-0.4, -0.2) is 10.9 Å². The van der Waals surface area contributed by atoms with Crippen molar-refractivity contribution in [3.63, 3.8) is 0 Å². The van der Waals surface area contributed by atoms with Crippen molar-refractivity contribution in [2.75, 3.05) is 0 Å². The number of carbonyl (C=O) groups is 1. The number of hydrogen-bond acceptors (Lipinski definition) is 2. The van der Waals surface area contributed by atoms with E-state index in [9.17, 15) is 9.59 Å². The fraction of sp³-hybridized carbons (Fsp3) is 0.333. The molecule has 1 aliphatic rings. The SMILES string of the molecule is C=CC(=O)NCc1cc2c([nH]c1=O)CCC2. The first-order chi connectivity index (χ1) is 7.70. The highest BCUT2D eigenvalue weighted by molar-refractivity contribution is 5.86. The minimum absolute atomic E-state index is 0.106. The number of amides is 1. The molecule has 0 bridgehead atoms. The van der Waals surface area contributed by atoms with E-state index in [1.54, 1.807) is 0 Å². The van der Waals surface area contributed by atoms with Gasteiger partial charge in [0.05, 0.1) is 0 Å². The lowest BCUT2D eigenvalue weighted by Gasteiger charge is -2.04. The van der Waals surface area contributed by atoms with Crippen LogP contribution in [0.2, 0.25) is 0 Å². The fourth-order valence-corrected chi connectivity index (χ4v) is 1.95. The van der Waals surface area contributed by atoms with Gasteiger partial charge in [0.15, 0.2) is 0 Å². The number of aromatic nitrogens is 1. The molecule has 0 saturated carbocycles. The van der Waals surface area contributed by atoms with E-state index < -0.39 is 0 Å². The average Bonchev–Trinajstić information content (AvgIpc) is 2.72. The van der Waals surface area contributed by atoms with Crippen LogP contribution in [-0.2, 0) is 24.2 Å². The third-order valence-corrected chi connectivity index (χ3v) is 2.80. The molecule has 4 nitrogen and oxygen atoms in total. The molecule has 84 valence electrons. The maximum absolute atomic E-state index is 11.6. The summed E-state index contributed by atoms with van der Waals surface area (Å²) >= 11 is 0. The minimum Gasteiger partial charge on any atom is -0.348 e. The van der Waals surface area contributed by atoms with Gasteiger partial charge < -0.3 is 10.3 Å². The molecule has 0 radical (unpaired) electrons. The van der Waals surface area contributed by atoms with E-state index in [1.165, 1.54) is 11.6 Å². The Morgan fingerprint density at radius 2 is 2.38 bits per heavy atom. The van der Waals surface area contributed by atoms with Crippen LogP contribution in [0.3, 0.4) is 0 Å². The summed E-state index contributed by atoms with van der Waals surface area (Å²) in [6.07, 6.45) is 4.24. The van der Waals surface area contributed by atoms with Crippen LogP contribution < -0.4 is 10.9 Å². The summed E-state index contributed by atoms with van der Waals surface area (Å²) in [6, 6.07) is 1.89. The highest BCUT2D eigenvalue weighted by Crippen LogP contribution is 2.18. The van der Waals surface area contributed by atoms with Gasteiger partial charge in [-0.1, -0.05) is 6.58 Å². The topological polar surface area (TPSA) is 62.0 Å². The zero-order chi connectivity index (χ0) is 11.5. The lowest BCUT2D eigenvalue weighted by Crippen LogP contribution is -2.25. The Balaban J connectivity index is 2.19. The summed E-state index contributed by atoms with van der Waals surface area (Å²) in [5.74, 6) is -0.264. The molecule has 0 aromatic carbocycles. The Kier molecular flexibility index (Phi) is 2.90. The van der Waals surface area contributed by atoms with Gasteiger partial charge >= 0.3 is 0 Å². The second-order valence-electron chi connectivity index (χ2n) is 3.90. The fourth-order valence-electron chi connectivity index (χ4n) is 1.95. The largest absolute Gasteiger partial charge is 0.348 e. The highest BCUT2D eigenvalue weighted by atomic mass is 16.1. The second kappa shape index (κ2) is 4.35. The van der Waals surface area contributed by atoms with Crippen LogP contribution in [0, 0.1) is 0 Å². The van der Waals surface area contributed by atoms with Crippen LogP contribution >= 0.6 is 0 Å². The maximum Gasteiger partial charge on any atom is 0.253 e. The van der Waals surface area contributed by atoms with E-state index in [0.29, 0.717) is 5.56 Å². The van der Waals surface area contributed by atoms with Crippen LogP contribution in [0.4, 0.5) is 0 Å². The number of H-pyrrole nitrogens is 1. The van der Waals surface area contributed by atoms with Gasteiger partial charge in [-0.05, 0) is 37.0 Å². The molecule has 0 aliphatic heterocycles. The number of rotatable bonds is 3. The van der Waals surface area contributed by atoms with E-state index in [4.69, 9.17) is 0 Å². The molecule has 0 saturated heterocycles. The van der Waals surface area contributed by atoms with Crippen LogP contribution in [0.5, 0.6) is 0 Å². The molecule has 16 heavy (non-hydrogen) atoms. The molecule has 1 aromatic heterocycles. The number of aromatic amines is 1. The molecule has 0 atom stereocenters. The van der Waals surface area contributed by atoms with Crippen molar-refractivity contribution in [1.82, 2.24) is 10.3 Å². The van der Waals surface area contributed by atoms with Gasteiger partial charge in [-0.3, -0.25) is 9.59 Å². The Bertz CT molecular complexity index is 488. The van der Waals surface area contributed by atoms with E-state index in [-0.39, 0.29) is 18.0 Å². The summed E-state index contributed by atoms with van der Waals surface area (Å²) < 4.78 is 0. The molecule has 2 N–H and O–H groups in total. The van der Waals surface area contributed by atoms with Crippen molar-refractivity contribution in [3.8, 4) is 0 Å². The van der Waals surface area contributed by atoms with Gasteiger partial charge in [0.1, 0.15) is 0 Å². The third kappa shape index (κ3) is 2.05. The van der Waals surface area contributed by atoms with Crippen molar-refractivity contribution in [3.05, 3.63) is 45.9 Å². The Morgan fingerprint density at radius 3 is 3.12 bits per heavy atom. The second-order valence-corrected chi connectivity index (χ2v) is 3.90. The van der Waals surface area contributed by atoms with Gasteiger partial charge in [-0.2, -0.15) is 0 Å². The van der Waals surface area contributed by atoms with E-state index in [0.717, 1.165) is 25.0 Å². The van der Waals surface area contributed by atoms with Gasteiger partial charge in [0, 0.05) is 17.8 Å². The Morgan fingerprint density at radius 1 is 1.56 bits per heavy atom. The number of pyridine rings is 1. The van der Waals surface area contributed by atoms with Crippen molar-refractivity contribution in [2.45, 2.75) is 25.8 Å².